The van der Waals surface area contributed by atoms with Crippen LogP contribution in [0.25, 0.3) is 0 Å². The van der Waals surface area contributed by atoms with Crippen LogP contribution in [0.4, 0.5) is 5.00 Å². The first-order valence-corrected chi connectivity index (χ1v) is 10.4. The van der Waals surface area contributed by atoms with Crippen LogP contribution >= 0.6 is 23.7 Å². The summed E-state index contributed by atoms with van der Waals surface area (Å²) in [5.41, 5.74) is 8.08. The van der Waals surface area contributed by atoms with E-state index in [1.165, 1.54) is 16.9 Å². The third-order valence-electron chi connectivity index (χ3n) is 5.20. The summed E-state index contributed by atoms with van der Waals surface area (Å²) in [6, 6.07) is 9.40. The fraction of sp³-hybridized carbons (Fsp3) is 0.429. The van der Waals surface area contributed by atoms with Gasteiger partial charge >= 0.3 is 0 Å². The van der Waals surface area contributed by atoms with Crippen molar-refractivity contribution in [2.45, 2.75) is 32.6 Å². The smallest absolute Gasteiger partial charge is 0.256 e. The minimum atomic E-state index is -0.191. The van der Waals surface area contributed by atoms with E-state index in [0.29, 0.717) is 34.5 Å². The van der Waals surface area contributed by atoms with Gasteiger partial charge in [-0.05, 0) is 60.4 Å². The Morgan fingerprint density at radius 1 is 1.18 bits per heavy atom. The molecule has 3 N–H and O–H groups in total. The molecule has 1 saturated heterocycles. The molecule has 0 atom stereocenters. The largest absolute Gasteiger partial charge is 0.339 e. The van der Waals surface area contributed by atoms with Crippen LogP contribution in [0.2, 0.25) is 0 Å². The quantitative estimate of drug-likeness (QED) is 0.753. The maximum Gasteiger partial charge on any atom is 0.256 e. The molecule has 0 radical (unpaired) electrons. The highest BCUT2D eigenvalue weighted by Crippen LogP contribution is 2.27. The number of anilines is 1. The van der Waals surface area contributed by atoms with Crippen LogP contribution in [-0.4, -0.2) is 36.3 Å². The maximum absolute atomic E-state index is 12.9. The van der Waals surface area contributed by atoms with E-state index in [1.54, 1.807) is 6.07 Å². The second kappa shape index (κ2) is 10.0. The summed E-state index contributed by atoms with van der Waals surface area (Å²) in [4.78, 5) is 27.3. The van der Waals surface area contributed by atoms with Gasteiger partial charge in [0.25, 0.3) is 11.8 Å². The zero-order valence-corrected chi connectivity index (χ0v) is 17.9. The van der Waals surface area contributed by atoms with Gasteiger partial charge in [-0.2, -0.15) is 0 Å². The van der Waals surface area contributed by atoms with E-state index in [-0.39, 0.29) is 24.2 Å². The van der Waals surface area contributed by atoms with Crippen molar-refractivity contribution in [1.82, 2.24) is 4.90 Å². The number of piperidine rings is 1. The number of rotatable bonds is 5. The molecule has 1 aliphatic rings. The van der Waals surface area contributed by atoms with Gasteiger partial charge in [0.15, 0.2) is 0 Å². The summed E-state index contributed by atoms with van der Waals surface area (Å²) in [6.45, 7) is 6.36. The Balaban J connectivity index is 0.00000280. The van der Waals surface area contributed by atoms with Crippen molar-refractivity contribution in [1.29, 1.82) is 0 Å². The number of benzene rings is 1. The summed E-state index contributed by atoms with van der Waals surface area (Å²) >= 11 is 1.38. The van der Waals surface area contributed by atoms with Crippen LogP contribution in [0, 0.1) is 5.92 Å². The number of carbonyl (C=O) groups is 2. The van der Waals surface area contributed by atoms with Gasteiger partial charge in [0.1, 0.15) is 5.00 Å². The zero-order chi connectivity index (χ0) is 19.4. The van der Waals surface area contributed by atoms with Crippen LogP contribution in [0.5, 0.6) is 0 Å². The second-order valence-electron chi connectivity index (χ2n) is 7.37. The fourth-order valence-corrected chi connectivity index (χ4v) is 4.09. The normalized spacial score (nSPS) is 14.6. The maximum atomic E-state index is 12.9. The molecule has 0 spiro atoms. The summed E-state index contributed by atoms with van der Waals surface area (Å²) in [6.07, 6.45) is 1.88. The van der Waals surface area contributed by atoms with Crippen LogP contribution in [-0.2, 0) is 0 Å². The first-order chi connectivity index (χ1) is 13.0. The molecule has 5 nitrogen and oxygen atoms in total. The van der Waals surface area contributed by atoms with E-state index in [1.807, 2.05) is 34.5 Å². The first kappa shape index (κ1) is 22.4. The number of thiophene rings is 1. The van der Waals surface area contributed by atoms with Crippen molar-refractivity contribution < 1.29 is 9.59 Å². The van der Waals surface area contributed by atoms with Gasteiger partial charge in [-0.1, -0.05) is 26.0 Å². The van der Waals surface area contributed by atoms with Crippen molar-refractivity contribution in [3.05, 3.63) is 52.4 Å². The number of hydrogen-bond donors (Lipinski definition) is 2. The Kier molecular flexibility index (Phi) is 8.04. The highest BCUT2D eigenvalue weighted by molar-refractivity contribution is 7.14. The van der Waals surface area contributed by atoms with Gasteiger partial charge in [-0.25, -0.2) is 0 Å². The Hall–Kier alpha value is -1.89. The molecule has 152 valence electrons. The predicted octanol–water partition coefficient (Wildman–Crippen LogP) is 4.36. The lowest BCUT2D eigenvalue weighted by Crippen LogP contribution is -2.40. The van der Waals surface area contributed by atoms with Crippen molar-refractivity contribution in [3.8, 4) is 0 Å². The molecule has 3 rings (SSSR count). The van der Waals surface area contributed by atoms with Crippen LogP contribution in [0.3, 0.4) is 0 Å². The highest BCUT2D eigenvalue weighted by atomic mass is 35.5. The lowest BCUT2D eigenvalue weighted by Gasteiger charge is -2.31. The van der Waals surface area contributed by atoms with Crippen LogP contribution in [0.15, 0.2) is 35.7 Å². The lowest BCUT2D eigenvalue weighted by atomic mass is 9.97. The summed E-state index contributed by atoms with van der Waals surface area (Å²) in [5.74, 6) is 0.720. The number of amides is 2. The molecule has 0 bridgehead atoms. The molecule has 1 fully saturated rings. The Morgan fingerprint density at radius 3 is 2.39 bits per heavy atom. The molecular formula is C21H28ClN3O2S. The predicted molar refractivity (Wildman–Crippen MR) is 118 cm³/mol. The summed E-state index contributed by atoms with van der Waals surface area (Å²) < 4.78 is 0. The zero-order valence-electron chi connectivity index (χ0n) is 16.3. The first-order valence-electron chi connectivity index (χ1n) is 9.47. The van der Waals surface area contributed by atoms with Gasteiger partial charge in [-0.15, -0.1) is 23.7 Å². The SMILES string of the molecule is CC(C)c1ccc(C(=O)Nc2sccc2C(=O)N2CCC(CN)CC2)cc1.Cl. The van der Waals surface area contributed by atoms with E-state index in [9.17, 15) is 9.59 Å². The van der Waals surface area contributed by atoms with Gasteiger partial charge < -0.3 is 16.0 Å². The molecular weight excluding hydrogens is 394 g/mol. The van der Waals surface area contributed by atoms with E-state index in [4.69, 9.17) is 5.73 Å². The molecule has 0 aliphatic carbocycles. The van der Waals surface area contributed by atoms with Crippen molar-refractivity contribution >= 4 is 40.6 Å². The molecule has 7 heteroatoms. The number of hydrogen-bond acceptors (Lipinski definition) is 4. The Bertz CT molecular complexity index is 796. The third-order valence-corrected chi connectivity index (χ3v) is 6.03. The molecule has 1 aliphatic heterocycles. The van der Waals surface area contributed by atoms with E-state index < -0.39 is 0 Å². The average molecular weight is 422 g/mol. The monoisotopic (exact) mass is 421 g/mol. The molecule has 28 heavy (non-hydrogen) atoms. The summed E-state index contributed by atoms with van der Waals surface area (Å²) in [5, 5.41) is 5.36. The number of carbonyl (C=O) groups excluding carboxylic acids is 2. The lowest BCUT2D eigenvalue weighted by molar-refractivity contribution is 0.0695. The number of likely N-dealkylation sites (tertiary alicyclic amines) is 1. The molecule has 1 aromatic carbocycles. The van der Waals surface area contributed by atoms with Gasteiger partial charge in [-0.3, -0.25) is 9.59 Å². The van der Waals surface area contributed by atoms with Gasteiger partial charge in [0.2, 0.25) is 0 Å². The number of nitrogens with zero attached hydrogens (tertiary/aromatic N) is 1. The molecule has 2 amide bonds. The molecule has 1 aromatic heterocycles. The van der Waals surface area contributed by atoms with E-state index in [2.05, 4.69) is 19.2 Å². The number of halogens is 1. The van der Waals surface area contributed by atoms with E-state index >= 15 is 0 Å². The minimum absolute atomic E-state index is 0. The number of nitrogens with two attached hydrogens (primary N) is 1. The third kappa shape index (κ3) is 5.13. The Labute approximate surface area is 176 Å². The summed E-state index contributed by atoms with van der Waals surface area (Å²) in [7, 11) is 0. The molecule has 2 heterocycles. The van der Waals surface area contributed by atoms with E-state index in [0.717, 1.165) is 25.9 Å². The fourth-order valence-electron chi connectivity index (χ4n) is 3.31. The topological polar surface area (TPSA) is 75.4 Å². The van der Waals surface area contributed by atoms with Crippen molar-refractivity contribution in [2.24, 2.45) is 11.7 Å². The van der Waals surface area contributed by atoms with Gasteiger partial charge in [0, 0.05) is 18.7 Å². The van der Waals surface area contributed by atoms with Crippen LogP contribution in [0.1, 0.15) is 58.9 Å². The standard InChI is InChI=1S/C21H27N3O2S.ClH/c1-14(2)16-3-5-17(6-4-16)19(25)23-20-18(9-12-27-20)21(26)24-10-7-15(13-22)8-11-24;/h3-6,9,12,14-15H,7-8,10-11,13,22H2,1-2H3,(H,23,25);1H. The number of nitrogens with one attached hydrogen (secondary N) is 1. The van der Waals surface area contributed by atoms with Gasteiger partial charge in [0.05, 0.1) is 5.56 Å². The van der Waals surface area contributed by atoms with Crippen molar-refractivity contribution in [3.63, 3.8) is 0 Å². The minimum Gasteiger partial charge on any atom is -0.339 e. The average Bonchev–Trinajstić information content (AvgIpc) is 3.15. The Morgan fingerprint density at radius 2 is 1.82 bits per heavy atom. The van der Waals surface area contributed by atoms with Crippen molar-refractivity contribution in [2.75, 3.05) is 25.0 Å². The molecule has 0 unspecified atom stereocenters. The molecule has 0 saturated carbocycles. The highest BCUT2D eigenvalue weighted by Gasteiger charge is 2.25. The van der Waals surface area contributed by atoms with Crippen LogP contribution < -0.4 is 11.1 Å². The molecule has 2 aromatic rings. The second-order valence-corrected chi connectivity index (χ2v) is 8.28.